The summed E-state index contributed by atoms with van der Waals surface area (Å²) in [5.74, 6) is 4.16. The van der Waals surface area contributed by atoms with Gasteiger partial charge in [-0.2, -0.15) is 0 Å². The smallest absolute Gasteiger partial charge is 0.0163 e. The first-order chi connectivity index (χ1) is 11.1. The van der Waals surface area contributed by atoms with Crippen molar-refractivity contribution in [1.82, 2.24) is 0 Å². The molecule has 0 aromatic heterocycles. The summed E-state index contributed by atoms with van der Waals surface area (Å²) in [6, 6.07) is 0. The first-order valence-electron chi connectivity index (χ1n) is 9.94. The molecule has 0 amide bonds. The number of nitrogens with two attached hydrogens (primary N) is 1. The van der Waals surface area contributed by atoms with Crippen molar-refractivity contribution in [3.8, 4) is 0 Å². The molecular formula is C21H33NS. The molecule has 0 radical (unpaired) electrons. The van der Waals surface area contributed by atoms with Crippen molar-refractivity contribution in [2.45, 2.75) is 77.4 Å². The van der Waals surface area contributed by atoms with E-state index in [9.17, 15) is 0 Å². The fourth-order valence-corrected chi connectivity index (χ4v) is 7.82. The maximum atomic E-state index is 6.63. The summed E-state index contributed by atoms with van der Waals surface area (Å²) in [7, 11) is 0. The van der Waals surface area contributed by atoms with Crippen molar-refractivity contribution < 1.29 is 0 Å². The van der Waals surface area contributed by atoms with Gasteiger partial charge in [-0.3, -0.25) is 0 Å². The average molecular weight is 332 g/mol. The summed E-state index contributed by atoms with van der Waals surface area (Å²) in [6.45, 7) is 7.42. The number of rotatable bonds is 1. The van der Waals surface area contributed by atoms with Crippen LogP contribution in [0.3, 0.4) is 0 Å². The molecular weight excluding hydrogens is 298 g/mol. The summed E-state index contributed by atoms with van der Waals surface area (Å²) in [6.07, 6.45) is 10.8. The number of allylic oxidation sites excluding steroid dienone is 3. The van der Waals surface area contributed by atoms with Crippen LogP contribution in [0.25, 0.3) is 0 Å². The van der Waals surface area contributed by atoms with E-state index >= 15 is 0 Å². The number of fused-ring (bicyclic) bond motifs is 2. The average Bonchev–Trinajstić information content (AvgIpc) is 2.90. The van der Waals surface area contributed by atoms with Crippen molar-refractivity contribution in [3.63, 3.8) is 0 Å². The van der Waals surface area contributed by atoms with Crippen molar-refractivity contribution in [1.29, 1.82) is 0 Å². The van der Waals surface area contributed by atoms with Crippen LogP contribution in [0.4, 0.5) is 0 Å². The number of thioether (sulfide) groups is 1. The highest BCUT2D eigenvalue weighted by Gasteiger charge is 2.45. The van der Waals surface area contributed by atoms with Gasteiger partial charge in [0, 0.05) is 15.9 Å². The standard InChI is InChI=1S/C21H33NS/c1-12-7-8-13(2)16(11-12)20-17(22)10-9-15-19-14(3)5-4-6-18(19)23-21(15)20/h12-14,16,18-19H,4-11,22H2,1-3H3/t12-,13?,14?,16?,18?,19?/m0/s1. The van der Waals surface area contributed by atoms with Crippen LogP contribution in [0.15, 0.2) is 21.7 Å². The molecule has 0 saturated heterocycles. The zero-order chi connectivity index (χ0) is 16.1. The number of hydrogen-bond acceptors (Lipinski definition) is 2. The van der Waals surface area contributed by atoms with E-state index in [1.54, 1.807) is 10.5 Å². The second-order valence-electron chi connectivity index (χ2n) is 8.89. The Morgan fingerprint density at radius 2 is 1.78 bits per heavy atom. The lowest BCUT2D eigenvalue weighted by molar-refractivity contribution is 0.234. The summed E-state index contributed by atoms with van der Waals surface area (Å²) in [5.41, 5.74) is 11.3. The van der Waals surface area contributed by atoms with Gasteiger partial charge in [0.15, 0.2) is 0 Å². The molecule has 128 valence electrons. The Hall–Kier alpha value is -0.370. The highest BCUT2D eigenvalue weighted by molar-refractivity contribution is 8.04. The molecule has 1 aliphatic heterocycles. The van der Waals surface area contributed by atoms with E-state index in [1.165, 1.54) is 50.6 Å². The monoisotopic (exact) mass is 331 g/mol. The molecule has 2 N–H and O–H groups in total. The van der Waals surface area contributed by atoms with Crippen molar-refractivity contribution >= 4 is 11.8 Å². The Morgan fingerprint density at radius 1 is 0.957 bits per heavy atom. The minimum atomic E-state index is 0.729. The Bertz CT molecular complexity index is 546. The molecule has 1 heterocycles. The van der Waals surface area contributed by atoms with Crippen LogP contribution < -0.4 is 5.73 Å². The summed E-state index contributed by atoms with van der Waals surface area (Å²) >= 11 is 2.23. The predicted molar refractivity (Wildman–Crippen MR) is 101 cm³/mol. The van der Waals surface area contributed by atoms with Gasteiger partial charge in [0.05, 0.1) is 0 Å². The lowest BCUT2D eigenvalue weighted by Gasteiger charge is -2.37. The van der Waals surface area contributed by atoms with Gasteiger partial charge in [0.2, 0.25) is 0 Å². The fourth-order valence-electron chi connectivity index (χ4n) is 5.85. The van der Waals surface area contributed by atoms with Crippen LogP contribution in [0, 0.1) is 29.6 Å². The second kappa shape index (κ2) is 6.17. The predicted octanol–water partition coefficient (Wildman–Crippen LogP) is 5.87. The first kappa shape index (κ1) is 16.1. The molecule has 6 atom stereocenters. The van der Waals surface area contributed by atoms with E-state index in [0.717, 1.165) is 41.3 Å². The van der Waals surface area contributed by atoms with Crippen molar-refractivity contribution in [3.05, 3.63) is 21.7 Å². The largest absolute Gasteiger partial charge is 0.402 e. The Balaban J connectivity index is 1.70. The third-order valence-corrected chi connectivity index (χ3v) is 8.76. The molecule has 1 nitrogen and oxygen atoms in total. The topological polar surface area (TPSA) is 26.0 Å². The molecule has 2 heteroatoms. The van der Waals surface area contributed by atoms with Gasteiger partial charge in [0.25, 0.3) is 0 Å². The van der Waals surface area contributed by atoms with Crippen molar-refractivity contribution in [2.75, 3.05) is 0 Å². The van der Waals surface area contributed by atoms with Gasteiger partial charge >= 0.3 is 0 Å². The highest BCUT2D eigenvalue weighted by atomic mass is 32.2. The number of hydrogen-bond donors (Lipinski definition) is 1. The van der Waals surface area contributed by atoms with Gasteiger partial charge in [-0.15, -0.1) is 11.8 Å². The minimum Gasteiger partial charge on any atom is -0.402 e. The third kappa shape index (κ3) is 2.69. The molecule has 0 aromatic rings. The first-order valence-corrected chi connectivity index (χ1v) is 10.8. The molecule has 4 rings (SSSR count). The van der Waals surface area contributed by atoms with Crippen LogP contribution >= 0.6 is 11.8 Å². The van der Waals surface area contributed by atoms with Gasteiger partial charge in [-0.1, -0.05) is 45.6 Å². The van der Waals surface area contributed by atoms with Gasteiger partial charge < -0.3 is 5.73 Å². The molecule has 5 unspecified atom stereocenters. The summed E-state index contributed by atoms with van der Waals surface area (Å²) < 4.78 is 0. The Labute approximate surface area is 146 Å². The summed E-state index contributed by atoms with van der Waals surface area (Å²) in [4.78, 5) is 1.68. The van der Waals surface area contributed by atoms with Gasteiger partial charge in [-0.05, 0) is 67.3 Å². The van der Waals surface area contributed by atoms with E-state index in [-0.39, 0.29) is 0 Å². The maximum absolute atomic E-state index is 6.63. The van der Waals surface area contributed by atoms with E-state index in [1.807, 2.05) is 5.57 Å². The van der Waals surface area contributed by atoms with E-state index in [4.69, 9.17) is 5.73 Å². The van der Waals surface area contributed by atoms with Crippen LogP contribution in [0.1, 0.15) is 72.1 Å². The normalized spacial score (nSPS) is 44.3. The van der Waals surface area contributed by atoms with Crippen LogP contribution in [-0.2, 0) is 0 Å². The zero-order valence-electron chi connectivity index (χ0n) is 15.1. The second-order valence-corrected chi connectivity index (χ2v) is 10.1. The SMILES string of the molecule is CC1CC[C@H](C)CC1C1=C(N)CCC2=C1SC1CCCC(C)C21. The molecule has 3 aliphatic carbocycles. The van der Waals surface area contributed by atoms with Crippen LogP contribution in [0.5, 0.6) is 0 Å². The maximum Gasteiger partial charge on any atom is 0.0163 e. The molecule has 2 saturated carbocycles. The highest BCUT2D eigenvalue weighted by Crippen LogP contribution is 2.58. The molecule has 23 heavy (non-hydrogen) atoms. The molecule has 0 bridgehead atoms. The van der Waals surface area contributed by atoms with Crippen LogP contribution in [0.2, 0.25) is 0 Å². The Morgan fingerprint density at radius 3 is 2.61 bits per heavy atom. The zero-order valence-corrected chi connectivity index (χ0v) is 15.9. The molecule has 4 aliphatic rings. The van der Waals surface area contributed by atoms with Crippen LogP contribution in [-0.4, -0.2) is 5.25 Å². The van der Waals surface area contributed by atoms with Crippen molar-refractivity contribution in [2.24, 2.45) is 35.3 Å². The van der Waals surface area contributed by atoms with E-state index in [2.05, 4.69) is 32.5 Å². The van der Waals surface area contributed by atoms with Gasteiger partial charge in [-0.25, -0.2) is 0 Å². The lowest BCUT2D eigenvalue weighted by Crippen LogP contribution is -2.29. The summed E-state index contributed by atoms with van der Waals surface area (Å²) in [5, 5.41) is 0.862. The lowest BCUT2D eigenvalue weighted by atomic mass is 9.68. The van der Waals surface area contributed by atoms with Gasteiger partial charge in [0.1, 0.15) is 0 Å². The Kier molecular flexibility index (Phi) is 4.32. The van der Waals surface area contributed by atoms with E-state index < -0.39 is 0 Å². The molecule has 2 fully saturated rings. The molecule has 0 aromatic carbocycles. The quantitative estimate of drug-likeness (QED) is 0.650. The fraction of sp³-hybridized carbons (Fsp3) is 0.810. The van der Waals surface area contributed by atoms with E-state index in [0.29, 0.717) is 0 Å². The molecule has 0 spiro atoms. The minimum absolute atomic E-state index is 0.729. The third-order valence-electron chi connectivity index (χ3n) is 7.21.